The number of amides is 1. The molecule has 1 aromatic carbocycles. The van der Waals surface area contributed by atoms with Crippen LogP contribution in [0.15, 0.2) is 29.2 Å². The van der Waals surface area contributed by atoms with Gasteiger partial charge in [-0.3, -0.25) is 4.79 Å². The molecule has 1 amide bonds. The predicted octanol–water partition coefficient (Wildman–Crippen LogP) is 1.46. The summed E-state index contributed by atoms with van der Waals surface area (Å²) in [7, 11) is -1.86. The molecule has 2 heterocycles. The quantitative estimate of drug-likeness (QED) is 0.798. The lowest BCUT2D eigenvalue weighted by atomic mass is 9.85. The Hall–Kier alpha value is -2.70. The van der Waals surface area contributed by atoms with Crippen molar-refractivity contribution >= 4 is 15.9 Å². The van der Waals surface area contributed by atoms with Gasteiger partial charge in [-0.05, 0) is 31.0 Å². The zero-order valence-electron chi connectivity index (χ0n) is 16.3. The van der Waals surface area contributed by atoms with E-state index >= 15 is 0 Å². The van der Waals surface area contributed by atoms with E-state index in [2.05, 4.69) is 10.3 Å². The molecular weight excluding hydrogens is 390 g/mol. The molecule has 1 fully saturated rings. The van der Waals surface area contributed by atoms with Gasteiger partial charge in [-0.25, -0.2) is 13.4 Å². The first-order chi connectivity index (χ1) is 13.9. The number of carbonyl (C=O) groups is 1. The van der Waals surface area contributed by atoms with E-state index in [-0.39, 0.29) is 23.3 Å². The molecule has 2 aliphatic rings. The minimum atomic E-state index is -3.71. The number of aromatic nitrogens is 2. The highest BCUT2D eigenvalue weighted by Crippen LogP contribution is 2.27. The van der Waals surface area contributed by atoms with Gasteiger partial charge >= 0.3 is 0 Å². The van der Waals surface area contributed by atoms with Crippen molar-refractivity contribution in [1.82, 2.24) is 19.2 Å². The monoisotopic (exact) mass is 413 g/mol. The summed E-state index contributed by atoms with van der Waals surface area (Å²) >= 11 is 0. The Balaban J connectivity index is 1.51. The fourth-order valence-corrected chi connectivity index (χ4v) is 5.19. The SMILES string of the molecule is Cn1c(CNC(=O)C2CCC2)nc2c1CN(S(=O)(=O)c1cccc(C#N)c1)CC2. The lowest BCUT2D eigenvalue weighted by Gasteiger charge is -2.26. The lowest BCUT2D eigenvalue weighted by Crippen LogP contribution is -2.36. The second-order valence-electron chi connectivity index (χ2n) is 7.55. The van der Waals surface area contributed by atoms with E-state index in [1.807, 2.05) is 17.7 Å². The van der Waals surface area contributed by atoms with Crippen molar-refractivity contribution in [3.05, 3.63) is 47.0 Å². The van der Waals surface area contributed by atoms with Crippen molar-refractivity contribution < 1.29 is 13.2 Å². The molecule has 0 bridgehead atoms. The number of nitrogens with one attached hydrogen (secondary N) is 1. The second-order valence-corrected chi connectivity index (χ2v) is 9.49. The number of carbonyl (C=O) groups excluding carboxylic acids is 1. The summed E-state index contributed by atoms with van der Waals surface area (Å²) in [6.07, 6.45) is 3.51. The molecule has 1 aromatic heterocycles. The molecule has 0 unspecified atom stereocenters. The standard InChI is InChI=1S/C20H23N5O3S/c1-24-18-13-25(29(27,28)16-7-2-4-14(10-16)11-21)9-8-17(18)23-19(24)12-22-20(26)15-5-3-6-15/h2,4,7,10,15H,3,5-6,8-9,12-13H2,1H3,(H,22,26). The third-order valence-electron chi connectivity index (χ3n) is 5.81. The second kappa shape index (κ2) is 7.61. The summed E-state index contributed by atoms with van der Waals surface area (Å²) in [6, 6.07) is 8.05. The van der Waals surface area contributed by atoms with E-state index in [9.17, 15) is 13.2 Å². The normalized spacial score (nSPS) is 17.2. The number of fused-ring (bicyclic) bond motifs is 1. The van der Waals surface area contributed by atoms with E-state index in [1.165, 1.54) is 16.4 Å². The highest BCUT2D eigenvalue weighted by Gasteiger charge is 2.32. The van der Waals surface area contributed by atoms with Crippen LogP contribution in [-0.2, 0) is 41.4 Å². The Kier molecular flexibility index (Phi) is 5.15. The van der Waals surface area contributed by atoms with Gasteiger partial charge in [0.2, 0.25) is 15.9 Å². The molecule has 2 aromatic rings. The Bertz CT molecular complexity index is 1100. The van der Waals surface area contributed by atoms with E-state index in [1.54, 1.807) is 12.1 Å². The average molecular weight is 414 g/mol. The van der Waals surface area contributed by atoms with Gasteiger partial charge in [0.25, 0.3) is 0 Å². The van der Waals surface area contributed by atoms with Gasteiger partial charge < -0.3 is 9.88 Å². The van der Waals surface area contributed by atoms with Crippen LogP contribution in [0.1, 0.15) is 42.0 Å². The number of hydrogen-bond acceptors (Lipinski definition) is 5. The zero-order valence-corrected chi connectivity index (χ0v) is 17.1. The fourth-order valence-electron chi connectivity index (χ4n) is 3.74. The fraction of sp³-hybridized carbons (Fsp3) is 0.450. The largest absolute Gasteiger partial charge is 0.349 e. The number of nitrogens with zero attached hydrogens (tertiary/aromatic N) is 4. The third kappa shape index (κ3) is 3.66. The molecule has 152 valence electrons. The first-order valence-corrected chi connectivity index (χ1v) is 11.2. The molecule has 9 heteroatoms. The maximum Gasteiger partial charge on any atom is 0.243 e. The Morgan fingerprint density at radius 2 is 2.17 bits per heavy atom. The zero-order chi connectivity index (χ0) is 20.6. The van der Waals surface area contributed by atoms with Crippen LogP contribution in [0.2, 0.25) is 0 Å². The van der Waals surface area contributed by atoms with Crippen LogP contribution in [0.4, 0.5) is 0 Å². The van der Waals surface area contributed by atoms with Crippen molar-refractivity contribution in [2.75, 3.05) is 6.54 Å². The third-order valence-corrected chi connectivity index (χ3v) is 7.65. The van der Waals surface area contributed by atoms with Gasteiger partial charge in [-0.2, -0.15) is 9.57 Å². The van der Waals surface area contributed by atoms with Crippen LogP contribution in [0.25, 0.3) is 0 Å². The number of sulfonamides is 1. The Morgan fingerprint density at radius 1 is 1.38 bits per heavy atom. The molecule has 0 radical (unpaired) electrons. The van der Waals surface area contributed by atoms with E-state index < -0.39 is 10.0 Å². The maximum atomic E-state index is 13.0. The molecule has 29 heavy (non-hydrogen) atoms. The summed E-state index contributed by atoms with van der Waals surface area (Å²) in [6.45, 7) is 0.890. The molecular formula is C20H23N5O3S. The van der Waals surface area contributed by atoms with Gasteiger partial charge in [-0.15, -0.1) is 0 Å². The topological polar surface area (TPSA) is 108 Å². The van der Waals surface area contributed by atoms with Gasteiger partial charge in [-0.1, -0.05) is 12.5 Å². The van der Waals surface area contributed by atoms with E-state index in [0.717, 1.165) is 36.5 Å². The van der Waals surface area contributed by atoms with Gasteiger partial charge in [0.05, 0.1) is 41.0 Å². The van der Waals surface area contributed by atoms with Gasteiger partial charge in [0.1, 0.15) is 5.82 Å². The van der Waals surface area contributed by atoms with Crippen LogP contribution in [0.3, 0.4) is 0 Å². The maximum absolute atomic E-state index is 13.0. The minimum Gasteiger partial charge on any atom is -0.349 e. The summed E-state index contributed by atoms with van der Waals surface area (Å²) in [5.74, 6) is 0.918. The lowest BCUT2D eigenvalue weighted by molar-refractivity contribution is -0.127. The summed E-state index contributed by atoms with van der Waals surface area (Å²) < 4.78 is 29.4. The van der Waals surface area contributed by atoms with Crippen molar-refractivity contribution in [2.24, 2.45) is 13.0 Å². The van der Waals surface area contributed by atoms with Crippen LogP contribution in [0.5, 0.6) is 0 Å². The molecule has 0 spiro atoms. The van der Waals surface area contributed by atoms with Crippen LogP contribution in [0, 0.1) is 17.2 Å². The number of hydrogen-bond donors (Lipinski definition) is 1. The predicted molar refractivity (Wildman–Crippen MR) is 105 cm³/mol. The van der Waals surface area contributed by atoms with Crippen LogP contribution in [-0.4, -0.2) is 34.7 Å². The van der Waals surface area contributed by atoms with E-state index in [0.29, 0.717) is 25.1 Å². The number of benzene rings is 1. The van der Waals surface area contributed by atoms with Crippen molar-refractivity contribution in [3.63, 3.8) is 0 Å². The molecule has 1 aliphatic heterocycles. The molecule has 8 nitrogen and oxygen atoms in total. The van der Waals surface area contributed by atoms with Crippen molar-refractivity contribution in [2.45, 2.75) is 43.7 Å². The summed E-state index contributed by atoms with van der Waals surface area (Å²) in [4.78, 5) is 16.8. The molecule has 0 saturated heterocycles. The van der Waals surface area contributed by atoms with Crippen molar-refractivity contribution in [1.29, 1.82) is 5.26 Å². The van der Waals surface area contributed by atoms with E-state index in [4.69, 9.17) is 5.26 Å². The highest BCUT2D eigenvalue weighted by atomic mass is 32.2. The average Bonchev–Trinajstić information content (AvgIpc) is 3.00. The highest BCUT2D eigenvalue weighted by molar-refractivity contribution is 7.89. The molecule has 4 rings (SSSR count). The summed E-state index contributed by atoms with van der Waals surface area (Å²) in [5.41, 5.74) is 2.02. The van der Waals surface area contributed by atoms with Crippen molar-refractivity contribution in [3.8, 4) is 6.07 Å². The minimum absolute atomic E-state index is 0.0683. The first kappa shape index (κ1) is 19.6. The summed E-state index contributed by atoms with van der Waals surface area (Å²) in [5, 5.41) is 12.0. The van der Waals surface area contributed by atoms with Crippen LogP contribution < -0.4 is 5.32 Å². The Labute approximate surface area is 170 Å². The first-order valence-electron chi connectivity index (χ1n) is 9.71. The molecule has 1 N–H and O–H groups in total. The molecule has 0 atom stereocenters. The number of imidazole rings is 1. The number of nitriles is 1. The number of rotatable bonds is 5. The molecule has 1 saturated carbocycles. The smallest absolute Gasteiger partial charge is 0.243 e. The van der Waals surface area contributed by atoms with Gasteiger partial charge in [0, 0.05) is 25.9 Å². The van der Waals surface area contributed by atoms with Gasteiger partial charge in [0.15, 0.2) is 0 Å². The van der Waals surface area contributed by atoms with Crippen LogP contribution >= 0.6 is 0 Å². The Morgan fingerprint density at radius 3 is 2.86 bits per heavy atom. The molecule has 1 aliphatic carbocycles.